The molecule has 70 valence electrons. The van der Waals surface area contributed by atoms with Crippen molar-refractivity contribution in [2.45, 2.75) is 32.7 Å². The molecule has 3 heteroatoms. The number of carbonyl (C=O) groups excluding carboxylic acids is 1. The molecule has 2 unspecified atom stereocenters. The fourth-order valence-corrected chi connectivity index (χ4v) is 1.23. The van der Waals surface area contributed by atoms with Gasteiger partial charge < -0.3 is 11.1 Å². The lowest BCUT2D eigenvalue weighted by Gasteiger charge is -2.08. The highest BCUT2D eigenvalue weighted by atomic mass is 16.2. The Bertz CT molecular complexity index is 170. The van der Waals surface area contributed by atoms with Crippen molar-refractivity contribution in [1.82, 2.24) is 5.32 Å². The second-order valence-electron chi connectivity index (χ2n) is 3.73. The van der Waals surface area contributed by atoms with Crippen molar-refractivity contribution in [2.75, 3.05) is 6.54 Å². The van der Waals surface area contributed by atoms with E-state index >= 15 is 0 Å². The van der Waals surface area contributed by atoms with E-state index in [1.54, 1.807) is 0 Å². The summed E-state index contributed by atoms with van der Waals surface area (Å²) in [6.07, 6.45) is 1.97. The first-order valence-electron chi connectivity index (χ1n) is 4.68. The fraction of sp³-hybridized carbons (Fsp3) is 0.889. The molecule has 0 radical (unpaired) electrons. The van der Waals surface area contributed by atoms with Crippen LogP contribution in [0, 0.1) is 11.8 Å². The first kappa shape index (κ1) is 9.52. The summed E-state index contributed by atoms with van der Waals surface area (Å²) in [7, 11) is 0. The van der Waals surface area contributed by atoms with Crippen molar-refractivity contribution in [3.63, 3.8) is 0 Å². The highest BCUT2D eigenvalue weighted by Crippen LogP contribution is 2.36. The van der Waals surface area contributed by atoms with Gasteiger partial charge in [0.05, 0.1) is 6.04 Å². The minimum Gasteiger partial charge on any atom is -0.354 e. The Morgan fingerprint density at radius 2 is 2.33 bits per heavy atom. The van der Waals surface area contributed by atoms with Gasteiger partial charge in [-0.3, -0.25) is 4.79 Å². The van der Waals surface area contributed by atoms with Crippen LogP contribution in [-0.4, -0.2) is 18.5 Å². The first-order valence-corrected chi connectivity index (χ1v) is 4.68. The van der Waals surface area contributed by atoms with Gasteiger partial charge in [-0.05, 0) is 24.7 Å². The third-order valence-corrected chi connectivity index (χ3v) is 2.59. The van der Waals surface area contributed by atoms with E-state index < -0.39 is 0 Å². The van der Waals surface area contributed by atoms with E-state index in [-0.39, 0.29) is 11.9 Å². The van der Waals surface area contributed by atoms with E-state index in [4.69, 9.17) is 5.73 Å². The minimum atomic E-state index is -0.320. The molecule has 1 aliphatic carbocycles. The Balaban J connectivity index is 2.10. The maximum absolute atomic E-state index is 11.2. The summed E-state index contributed by atoms with van der Waals surface area (Å²) in [5, 5.41) is 2.86. The summed E-state index contributed by atoms with van der Waals surface area (Å²) in [6.45, 7) is 4.94. The molecule has 1 aliphatic rings. The van der Waals surface area contributed by atoms with Crippen LogP contribution in [0.2, 0.25) is 0 Å². The van der Waals surface area contributed by atoms with Crippen LogP contribution in [0.1, 0.15) is 26.7 Å². The maximum atomic E-state index is 11.2. The Kier molecular flexibility index (Phi) is 3.09. The average Bonchev–Trinajstić information content (AvgIpc) is 2.76. The van der Waals surface area contributed by atoms with Gasteiger partial charge in [0.2, 0.25) is 5.91 Å². The molecule has 3 nitrogen and oxygen atoms in total. The fourth-order valence-electron chi connectivity index (χ4n) is 1.23. The summed E-state index contributed by atoms with van der Waals surface area (Å²) < 4.78 is 0. The number of amides is 1. The van der Waals surface area contributed by atoms with Gasteiger partial charge in [-0.25, -0.2) is 0 Å². The van der Waals surface area contributed by atoms with E-state index in [1.165, 1.54) is 6.42 Å². The molecule has 0 aromatic heterocycles. The van der Waals surface area contributed by atoms with Crippen molar-refractivity contribution in [2.24, 2.45) is 17.6 Å². The second-order valence-corrected chi connectivity index (χ2v) is 3.73. The smallest absolute Gasteiger partial charge is 0.236 e. The lowest BCUT2D eigenvalue weighted by Crippen LogP contribution is -2.40. The van der Waals surface area contributed by atoms with Gasteiger partial charge in [-0.2, -0.15) is 0 Å². The van der Waals surface area contributed by atoms with Crippen LogP contribution < -0.4 is 11.1 Å². The topological polar surface area (TPSA) is 55.1 Å². The molecule has 1 saturated carbocycles. The molecule has 0 aromatic carbocycles. The lowest BCUT2D eigenvalue weighted by atomic mass is 10.2. The Morgan fingerprint density at radius 1 is 1.75 bits per heavy atom. The van der Waals surface area contributed by atoms with Crippen LogP contribution in [0.3, 0.4) is 0 Å². The van der Waals surface area contributed by atoms with Gasteiger partial charge in [-0.1, -0.05) is 13.8 Å². The molecule has 3 atom stereocenters. The number of rotatable bonds is 4. The molecule has 0 heterocycles. The van der Waals surface area contributed by atoms with Crippen molar-refractivity contribution in [3.8, 4) is 0 Å². The Morgan fingerprint density at radius 3 is 2.75 bits per heavy atom. The zero-order chi connectivity index (χ0) is 9.14. The van der Waals surface area contributed by atoms with Crippen molar-refractivity contribution in [1.29, 1.82) is 0 Å². The third kappa shape index (κ3) is 2.48. The van der Waals surface area contributed by atoms with Crippen LogP contribution in [0.25, 0.3) is 0 Å². The van der Waals surface area contributed by atoms with E-state index in [9.17, 15) is 4.79 Å². The van der Waals surface area contributed by atoms with Crippen LogP contribution in [-0.2, 0) is 4.79 Å². The number of nitrogens with two attached hydrogens (primary N) is 1. The average molecular weight is 170 g/mol. The van der Waals surface area contributed by atoms with Gasteiger partial charge in [0.25, 0.3) is 0 Å². The van der Waals surface area contributed by atoms with Gasteiger partial charge >= 0.3 is 0 Å². The Hall–Kier alpha value is -0.570. The summed E-state index contributed by atoms with van der Waals surface area (Å²) >= 11 is 0. The molecule has 12 heavy (non-hydrogen) atoms. The van der Waals surface area contributed by atoms with Crippen LogP contribution >= 0.6 is 0 Å². The number of carbonyl (C=O) groups is 1. The monoisotopic (exact) mass is 170 g/mol. The normalized spacial score (nSPS) is 29.6. The molecule has 0 aromatic rings. The molecule has 1 fully saturated rings. The van der Waals surface area contributed by atoms with E-state index in [0.717, 1.165) is 12.5 Å². The van der Waals surface area contributed by atoms with Crippen molar-refractivity contribution >= 4 is 5.91 Å². The molecule has 0 aliphatic heterocycles. The van der Waals surface area contributed by atoms with Crippen LogP contribution in [0.15, 0.2) is 0 Å². The van der Waals surface area contributed by atoms with E-state index in [2.05, 4.69) is 12.2 Å². The Labute approximate surface area is 73.7 Å². The van der Waals surface area contributed by atoms with Gasteiger partial charge in [0, 0.05) is 6.54 Å². The van der Waals surface area contributed by atoms with Gasteiger partial charge in [0.15, 0.2) is 0 Å². The minimum absolute atomic E-state index is 0.00315. The van der Waals surface area contributed by atoms with E-state index in [1.807, 2.05) is 6.92 Å². The number of nitrogens with one attached hydrogen (secondary N) is 1. The highest BCUT2D eigenvalue weighted by molar-refractivity contribution is 5.81. The number of hydrogen-bond donors (Lipinski definition) is 2. The van der Waals surface area contributed by atoms with Crippen LogP contribution in [0.4, 0.5) is 0 Å². The van der Waals surface area contributed by atoms with Crippen LogP contribution in [0.5, 0.6) is 0 Å². The molecule has 3 N–H and O–H groups in total. The predicted molar refractivity (Wildman–Crippen MR) is 48.5 cm³/mol. The van der Waals surface area contributed by atoms with Gasteiger partial charge in [0.1, 0.15) is 0 Å². The highest BCUT2D eigenvalue weighted by Gasteiger charge is 2.32. The standard InChI is InChI=1S/C9H18N2O/c1-3-8(10)9(12)11-5-7-4-6(7)2/h6-8H,3-5,10H2,1-2H3,(H,11,12)/t6?,7?,8-/m1/s1. The quantitative estimate of drug-likeness (QED) is 0.645. The summed E-state index contributed by atoms with van der Waals surface area (Å²) in [6, 6.07) is -0.320. The van der Waals surface area contributed by atoms with Crippen molar-refractivity contribution < 1.29 is 4.79 Å². The second kappa shape index (κ2) is 3.90. The molecule has 0 spiro atoms. The SMILES string of the molecule is CC[C@@H](N)C(=O)NCC1CC1C. The molecular weight excluding hydrogens is 152 g/mol. The summed E-state index contributed by atoms with van der Waals surface area (Å²) in [5.74, 6) is 1.50. The summed E-state index contributed by atoms with van der Waals surface area (Å²) in [5.41, 5.74) is 5.55. The van der Waals surface area contributed by atoms with Gasteiger partial charge in [-0.15, -0.1) is 0 Å². The third-order valence-electron chi connectivity index (χ3n) is 2.59. The zero-order valence-electron chi connectivity index (χ0n) is 7.84. The lowest BCUT2D eigenvalue weighted by molar-refractivity contribution is -0.122. The maximum Gasteiger partial charge on any atom is 0.236 e. The molecule has 1 amide bonds. The van der Waals surface area contributed by atoms with E-state index in [0.29, 0.717) is 12.3 Å². The molecule has 0 saturated heterocycles. The molecule has 1 rings (SSSR count). The predicted octanol–water partition coefficient (Wildman–Crippen LogP) is 0.496. The molecular formula is C9H18N2O. The van der Waals surface area contributed by atoms with Crippen molar-refractivity contribution in [3.05, 3.63) is 0 Å². The number of hydrogen-bond acceptors (Lipinski definition) is 2. The largest absolute Gasteiger partial charge is 0.354 e. The molecule has 0 bridgehead atoms. The first-order chi connectivity index (χ1) is 5.65. The summed E-state index contributed by atoms with van der Waals surface area (Å²) in [4.78, 5) is 11.2. The zero-order valence-corrected chi connectivity index (χ0v) is 7.84.